The summed E-state index contributed by atoms with van der Waals surface area (Å²) in [5.74, 6) is 0. The summed E-state index contributed by atoms with van der Waals surface area (Å²) in [6.07, 6.45) is 1.87. The topological polar surface area (TPSA) is 54.2 Å². The summed E-state index contributed by atoms with van der Waals surface area (Å²) in [5, 5.41) is 4.51. The van der Waals surface area contributed by atoms with E-state index in [0.29, 0.717) is 0 Å². The Labute approximate surface area is 100 Å². The number of nitrogens with one attached hydrogen (secondary N) is 1. The molecule has 0 spiro atoms. The number of nitrogens with two attached hydrogens (primary N) is 1. The molecule has 0 bridgehead atoms. The number of hydrogen-bond donors (Lipinski definition) is 2. The number of hydrogen-bond acceptors (Lipinski definition) is 4. The lowest BCUT2D eigenvalue weighted by Crippen LogP contribution is -2.43. The maximum Gasteiger partial charge on any atom is 0.0724 e. The zero-order chi connectivity index (χ0) is 11.7. The standard InChI is InChI=1S/C13H16N4/c14-10-1-2-12-11(9-10)13(3-4-16-12)17-7-5-15-6-8-17/h1-4,9,15H,5-8,14H2. The molecule has 1 aromatic carbocycles. The van der Waals surface area contributed by atoms with Gasteiger partial charge in [0.25, 0.3) is 0 Å². The van der Waals surface area contributed by atoms with Crippen molar-refractivity contribution in [2.24, 2.45) is 0 Å². The highest BCUT2D eigenvalue weighted by Crippen LogP contribution is 2.27. The fourth-order valence-corrected chi connectivity index (χ4v) is 2.33. The number of piperazine rings is 1. The summed E-state index contributed by atoms with van der Waals surface area (Å²) in [7, 11) is 0. The first-order chi connectivity index (χ1) is 8.34. The van der Waals surface area contributed by atoms with E-state index >= 15 is 0 Å². The summed E-state index contributed by atoms with van der Waals surface area (Å²) in [6.45, 7) is 4.14. The molecule has 4 nitrogen and oxygen atoms in total. The number of anilines is 2. The van der Waals surface area contributed by atoms with Crippen molar-refractivity contribution < 1.29 is 0 Å². The van der Waals surface area contributed by atoms with E-state index in [4.69, 9.17) is 5.73 Å². The van der Waals surface area contributed by atoms with Gasteiger partial charge in [0.05, 0.1) is 5.52 Å². The SMILES string of the molecule is Nc1ccc2nccc(N3CCNCC3)c2c1. The van der Waals surface area contributed by atoms with Gasteiger partial charge in [0, 0.05) is 49.1 Å². The highest BCUT2D eigenvalue weighted by Gasteiger charge is 2.13. The molecular weight excluding hydrogens is 212 g/mol. The van der Waals surface area contributed by atoms with Crippen LogP contribution in [0.4, 0.5) is 11.4 Å². The van der Waals surface area contributed by atoms with Crippen molar-refractivity contribution in [3.05, 3.63) is 30.5 Å². The van der Waals surface area contributed by atoms with Crippen molar-refractivity contribution in [1.82, 2.24) is 10.3 Å². The Kier molecular flexibility index (Phi) is 2.57. The predicted molar refractivity (Wildman–Crippen MR) is 71.2 cm³/mol. The van der Waals surface area contributed by atoms with Crippen LogP contribution in [0.1, 0.15) is 0 Å². The van der Waals surface area contributed by atoms with Crippen molar-refractivity contribution in [2.45, 2.75) is 0 Å². The Hall–Kier alpha value is -1.81. The van der Waals surface area contributed by atoms with E-state index in [1.807, 2.05) is 24.4 Å². The monoisotopic (exact) mass is 228 g/mol. The number of nitrogen functional groups attached to an aromatic ring is 1. The number of pyridine rings is 1. The normalized spacial score (nSPS) is 16.4. The second kappa shape index (κ2) is 4.22. The van der Waals surface area contributed by atoms with Crippen molar-refractivity contribution in [1.29, 1.82) is 0 Å². The van der Waals surface area contributed by atoms with Gasteiger partial charge in [-0.2, -0.15) is 0 Å². The Balaban J connectivity index is 2.11. The first-order valence-electron chi connectivity index (χ1n) is 5.94. The third kappa shape index (κ3) is 1.91. The second-order valence-corrected chi connectivity index (χ2v) is 4.34. The van der Waals surface area contributed by atoms with Gasteiger partial charge < -0.3 is 16.0 Å². The van der Waals surface area contributed by atoms with Crippen LogP contribution >= 0.6 is 0 Å². The minimum absolute atomic E-state index is 0.793. The Morgan fingerprint density at radius 1 is 1.18 bits per heavy atom. The molecule has 2 aromatic rings. The fourth-order valence-electron chi connectivity index (χ4n) is 2.33. The molecule has 1 aliphatic rings. The quantitative estimate of drug-likeness (QED) is 0.721. The van der Waals surface area contributed by atoms with Crippen LogP contribution in [-0.2, 0) is 0 Å². The highest BCUT2D eigenvalue weighted by atomic mass is 15.2. The molecule has 88 valence electrons. The second-order valence-electron chi connectivity index (χ2n) is 4.34. The average Bonchev–Trinajstić information content (AvgIpc) is 2.39. The molecule has 3 rings (SSSR count). The predicted octanol–water partition coefficient (Wildman–Crippen LogP) is 1.23. The molecular formula is C13H16N4. The largest absolute Gasteiger partial charge is 0.399 e. The number of rotatable bonds is 1. The number of aromatic nitrogens is 1. The van der Waals surface area contributed by atoms with E-state index in [1.165, 1.54) is 5.69 Å². The van der Waals surface area contributed by atoms with E-state index in [9.17, 15) is 0 Å². The van der Waals surface area contributed by atoms with Crippen molar-refractivity contribution in [3.63, 3.8) is 0 Å². The molecule has 17 heavy (non-hydrogen) atoms. The van der Waals surface area contributed by atoms with Crippen molar-refractivity contribution in [3.8, 4) is 0 Å². The number of benzene rings is 1. The first-order valence-corrected chi connectivity index (χ1v) is 5.94. The lowest BCUT2D eigenvalue weighted by atomic mass is 10.1. The molecule has 0 aliphatic carbocycles. The molecule has 1 aromatic heterocycles. The summed E-state index contributed by atoms with van der Waals surface area (Å²) in [6, 6.07) is 7.97. The van der Waals surface area contributed by atoms with E-state index in [0.717, 1.165) is 42.8 Å². The number of fused-ring (bicyclic) bond motifs is 1. The van der Waals surface area contributed by atoms with Gasteiger partial charge in [-0.15, -0.1) is 0 Å². The van der Waals surface area contributed by atoms with E-state index < -0.39 is 0 Å². The van der Waals surface area contributed by atoms with Crippen LogP contribution in [0.25, 0.3) is 10.9 Å². The Morgan fingerprint density at radius 3 is 2.82 bits per heavy atom. The molecule has 0 amide bonds. The average molecular weight is 228 g/mol. The zero-order valence-corrected chi connectivity index (χ0v) is 9.69. The maximum absolute atomic E-state index is 5.86. The van der Waals surface area contributed by atoms with Crippen LogP contribution < -0.4 is 16.0 Å². The first kappa shape index (κ1) is 10.4. The minimum atomic E-state index is 0.793. The van der Waals surface area contributed by atoms with Gasteiger partial charge in [-0.05, 0) is 24.3 Å². The molecule has 1 fully saturated rings. The van der Waals surface area contributed by atoms with Crippen LogP contribution in [-0.4, -0.2) is 31.2 Å². The fraction of sp³-hybridized carbons (Fsp3) is 0.308. The molecule has 0 radical (unpaired) electrons. The smallest absolute Gasteiger partial charge is 0.0724 e. The minimum Gasteiger partial charge on any atom is -0.399 e. The lowest BCUT2D eigenvalue weighted by Gasteiger charge is -2.30. The Morgan fingerprint density at radius 2 is 2.00 bits per heavy atom. The third-order valence-electron chi connectivity index (χ3n) is 3.20. The molecule has 0 saturated carbocycles. The zero-order valence-electron chi connectivity index (χ0n) is 9.69. The molecule has 1 aliphatic heterocycles. The third-order valence-corrected chi connectivity index (χ3v) is 3.20. The van der Waals surface area contributed by atoms with E-state index in [1.54, 1.807) is 0 Å². The molecule has 2 heterocycles. The van der Waals surface area contributed by atoms with Crippen LogP contribution in [0, 0.1) is 0 Å². The maximum atomic E-state index is 5.86. The molecule has 3 N–H and O–H groups in total. The van der Waals surface area contributed by atoms with Crippen LogP contribution in [0.15, 0.2) is 30.5 Å². The van der Waals surface area contributed by atoms with E-state index in [-0.39, 0.29) is 0 Å². The van der Waals surface area contributed by atoms with Crippen molar-refractivity contribution >= 4 is 22.3 Å². The van der Waals surface area contributed by atoms with Gasteiger partial charge in [-0.3, -0.25) is 4.98 Å². The summed E-state index contributed by atoms with van der Waals surface area (Å²) < 4.78 is 0. The van der Waals surface area contributed by atoms with Gasteiger partial charge in [0.15, 0.2) is 0 Å². The van der Waals surface area contributed by atoms with Crippen LogP contribution in [0.3, 0.4) is 0 Å². The highest BCUT2D eigenvalue weighted by molar-refractivity contribution is 5.93. The summed E-state index contributed by atoms with van der Waals surface area (Å²) in [5.41, 5.74) is 8.91. The molecule has 1 saturated heterocycles. The van der Waals surface area contributed by atoms with Gasteiger partial charge in [-0.25, -0.2) is 0 Å². The summed E-state index contributed by atoms with van der Waals surface area (Å²) in [4.78, 5) is 6.77. The Bertz CT molecular complexity index is 532. The van der Waals surface area contributed by atoms with Gasteiger partial charge >= 0.3 is 0 Å². The lowest BCUT2D eigenvalue weighted by molar-refractivity contribution is 0.590. The van der Waals surface area contributed by atoms with Gasteiger partial charge in [0.1, 0.15) is 0 Å². The van der Waals surface area contributed by atoms with E-state index in [2.05, 4.69) is 21.3 Å². The summed E-state index contributed by atoms with van der Waals surface area (Å²) >= 11 is 0. The van der Waals surface area contributed by atoms with Gasteiger partial charge in [-0.1, -0.05) is 0 Å². The molecule has 4 heteroatoms. The van der Waals surface area contributed by atoms with Crippen LogP contribution in [0.5, 0.6) is 0 Å². The van der Waals surface area contributed by atoms with Crippen molar-refractivity contribution in [2.75, 3.05) is 36.8 Å². The molecule has 0 unspecified atom stereocenters. The van der Waals surface area contributed by atoms with Crippen LogP contribution in [0.2, 0.25) is 0 Å². The van der Waals surface area contributed by atoms with Gasteiger partial charge in [0.2, 0.25) is 0 Å². The number of nitrogens with zero attached hydrogens (tertiary/aromatic N) is 2. The molecule has 0 atom stereocenters.